The number of hydrogen-bond acceptors (Lipinski definition) is 4. The Morgan fingerprint density at radius 2 is 2.13 bits per heavy atom. The van der Waals surface area contributed by atoms with Crippen molar-refractivity contribution in [3.8, 4) is 0 Å². The number of aromatic nitrogens is 3. The third kappa shape index (κ3) is 3.44. The van der Waals surface area contributed by atoms with Crippen molar-refractivity contribution < 1.29 is 9.47 Å². The highest BCUT2D eigenvalue weighted by Gasteiger charge is 2.11. The number of halogens is 1. The van der Waals surface area contributed by atoms with Gasteiger partial charge in [-0.3, -0.25) is 0 Å². The van der Waals surface area contributed by atoms with E-state index in [1.807, 2.05) is 4.68 Å². The van der Waals surface area contributed by atoms with E-state index in [1.165, 1.54) is 0 Å². The van der Waals surface area contributed by atoms with Crippen molar-refractivity contribution in [3.05, 3.63) is 11.4 Å². The quantitative estimate of drug-likeness (QED) is 0.525. The molecule has 1 aromatic rings. The number of nitrogens with zero attached hydrogens (tertiary/aromatic N) is 3. The van der Waals surface area contributed by atoms with Gasteiger partial charge >= 0.3 is 0 Å². The fourth-order valence-corrected chi connectivity index (χ4v) is 1.51. The molecule has 0 atom stereocenters. The first-order valence-electron chi connectivity index (χ1n) is 4.78. The average Bonchev–Trinajstić information content (AvgIpc) is 2.62. The van der Waals surface area contributed by atoms with Crippen molar-refractivity contribution in [2.24, 2.45) is 0 Å². The minimum absolute atomic E-state index is 0.364. The molecule has 0 fully saturated rings. The van der Waals surface area contributed by atoms with Gasteiger partial charge < -0.3 is 9.47 Å². The van der Waals surface area contributed by atoms with Crippen LogP contribution in [0.2, 0.25) is 0 Å². The van der Waals surface area contributed by atoms with E-state index in [9.17, 15) is 0 Å². The van der Waals surface area contributed by atoms with Gasteiger partial charge in [0.25, 0.3) is 0 Å². The van der Waals surface area contributed by atoms with Crippen LogP contribution < -0.4 is 0 Å². The van der Waals surface area contributed by atoms with Crippen molar-refractivity contribution in [2.75, 3.05) is 20.8 Å². The summed E-state index contributed by atoms with van der Waals surface area (Å²) in [4.78, 5) is 0. The molecule has 0 amide bonds. The third-order valence-electron chi connectivity index (χ3n) is 2.04. The first-order valence-corrected chi connectivity index (χ1v) is 5.32. The van der Waals surface area contributed by atoms with Crippen LogP contribution >= 0.6 is 11.6 Å². The molecule has 0 aromatic carbocycles. The molecule has 1 heterocycles. The van der Waals surface area contributed by atoms with Gasteiger partial charge in [-0.1, -0.05) is 5.21 Å². The fourth-order valence-electron chi connectivity index (χ4n) is 1.31. The number of ether oxygens (including phenoxy) is 2. The zero-order valence-corrected chi connectivity index (χ0v) is 9.83. The van der Waals surface area contributed by atoms with Gasteiger partial charge in [0.1, 0.15) is 5.69 Å². The highest BCUT2D eigenvalue weighted by Crippen LogP contribution is 2.10. The van der Waals surface area contributed by atoms with Crippen LogP contribution in [0.3, 0.4) is 0 Å². The summed E-state index contributed by atoms with van der Waals surface area (Å²) in [6, 6.07) is 0. The standard InChI is InChI=1S/C9H16ClN3O2/c1-14-5-3-4-13-9(7-15-2)8(6-10)11-12-13/h3-7H2,1-2H3. The SMILES string of the molecule is COCCCn1nnc(CCl)c1COC. The summed E-state index contributed by atoms with van der Waals surface area (Å²) in [6.45, 7) is 1.97. The van der Waals surface area contributed by atoms with E-state index in [0.29, 0.717) is 19.1 Å². The lowest BCUT2D eigenvalue weighted by Crippen LogP contribution is -2.08. The maximum absolute atomic E-state index is 5.75. The summed E-state index contributed by atoms with van der Waals surface area (Å²) >= 11 is 5.75. The number of aryl methyl sites for hydroxylation is 1. The molecule has 0 saturated carbocycles. The van der Waals surface area contributed by atoms with Gasteiger partial charge in [-0.2, -0.15) is 0 Å². The topological polar surface area (TPSA) is 49.2 Å². The highest BCUT2D eigenvalue weighted by molar-refractivity contribution is 6.16. The van der Waals surface area contributed by atoms with Crippen LogP contribution in [0.25, 0.3) is 0 Å². The Labute approximate surface area is 94.3 Å². The molecule has 0 aliphatic heterocycles. The van der Waals surface area contributed by atoms with Crippen LogP contribution in [-0.2, 0) is 28.5 Å². The van der Waals surface area contributed by atoms with E-state index in [0.717, 1.165) is 24.4 Å². The van der Waals surface area contributed by atoms with Crippen molar-refractivity contribution in [1.82, 2.24) is 15.0 Å². The minimum atomic E-state index is 0.364. The van der Waals surface area contributed by atoms with E-state index >= 15 is 0 Å². The monoisotopic (exact) mass is 233 g/mol. The highest BCUT2D eigenvalue weighted by atomic mass is 35.5. The molecule has 0 unspecified atom stereocenters. The van der Waals surface area contributed by atoms with Crippen molar-refractivity contribution in [1.29, 1.82) is 0 Å². The van der Waals surface area contributed by atoms with E-state index in [-0.39, 0.29) is 0 Å². The molecule has 0 radical (unpaired) electrons. The Morgan fingerprint density at radius 1 is 1.33 bits per heavy atom. The summed E-state index contributed by atoms with van der Waals surface area (Å²) in [7, 11) is 3.33. The molecule has 5 nitrogen and oxygen atoms in total. The summed E-state index contributed by atoms with van der Waals surface area (Å²) in [6.07, 6.45) is 0.901. The van der Waals surface area contributed by atoms with E-state index in [2.05, 4.69) is 10.3 Å². The molecule has 6 heteroatoms. The lowest BCUT2D eigenvalue weighted by Gasteiger charge is -2.05. The Hall–Kier alpha value is -0.650. The van der Waals surface area contributed by atoms with Crippen LogP contribution in [-0.4, -0.2) is 35.8 Å². The summed E-state index contributed by atoms with van der Waals surface area (Å²) in [5.41, 5.74) is 1.74. The van der Waals surface area contributed by atoms with Crippen molar-refractivity contribution in [3.63, 3.8) is 0 Å². The summed E-state index contributed by atoms with van der Waals surface area (Å²) in [5.74, 6) is 0.364. The Balaban J connectivity index is 2.64. The first kappa shape index (κ1) is 12.4. The lowest BCUT2D eigenvalue weighted by atomic mass is 10.3. The number of hydrogen-bond donors (Lipinski definition) is 0. The second kappa shape index (κ2) is 6.76. The molecule has 0 saturated heterocycles. The van der Waals surface area contributed by atoms with Crippen LogP contribution in [0.5, 0.6) is 0 Å². The molecular weight excluding hydrogens is 218 g/mol. The van der Waals surface area contributed by atoms with E-state index in [4.69, 9.17) is 21.1 Å². The largest absolute Gasteiger partial charge is 0.385 e. The molecular formula is C9H16ClN3O2. The molecule has 86 valence electrons. The molecule has 0 N–H and O–H groups in total. The first-order chi connectivity index (χ1) is 7.33. The van der Waals surface area contributed by atoms with Gasteiger partial charge in [0.2, 0.25) is 0 Å². The predicted molar refractivity (Wildman–Crippen MR) is 56.8 cm³/mol. The Kier molecular flexibility index (Phi) is 5.60. The van der Waals surface area contributed by atoms with Gasteiger partial charge in [-0.05, 0) is 6.42 Å². The smallest absolute Gasteiger partial charge is 0.103 e. The van der Waals surface area contributed by atoms with E-state index in [1.54, 1.807) is 14.2 Å². The van der Waals surface area contributed by atoms with Crippen LogP contribution in [0.4, 0.5) is 0 Å². The normalized spacial score (nSPS) is 10.9. The molecule has 1 rings (SSSR count). The second-order valence-electron chi connectivity index (χ2n) is 3.12. The predicted octanol–water partition coefficient (Wildman–Crippen LogP) is 1.20. The average molecular weight is 234 g/mol. The molecule has 0 aliphatic rings. The zero-order chi connectivity index (χ0) is 11.1. The second-order valence-corrected chi connectivity index (χ2v) is 3.39. The fraction of sp³-hybridized carbons (Fsp3) is 0.778. The lowest BCUT2D eigenvalue weighted by molar-refractivity contribution is 0.170. The van der Waals surface area contributed by atoms with Crippen molar-refractivity contribution in [2.45, 2.75) is 25.5 Å². The zero-order valence-electron chi connectivity index (χ0n) is 9.07. The number of methoxy groups -OCH3 is 2. The third-order valence-corrected chi connectivity index (χ3v) is 2.30. The van der Waals surface area contributed by atoms with Gasteiger partial charge in [0.15, 0.2) is 0 Å². The Bertz CT molecular complexity index is 291. The number of rotatable bonds is 7. The summed E-state index contributed by atoms with van der Waals surface area (Å²) in [5, 5.41) is 8.02. The van der Waals surface area contributed by atoms with Gasteiger partial charge in [-0.15, -0.1) is 16.7 Å². The van der Waals surface area contributed by atoms with Gasteiger partial charge in [0, 0.05) is 27.4 Å². The minimum Gasteiger partial charge on any atom is -0.385 e. The maximum Gasteiger partial charge on any atom is 0.103 e. The van der Waals surface area contributed by atoms with Crippen LogP contribution in [0.15, 0.2) is 0 Å². The van der Waals surface area contributed by atoms with Crippen LogP contribution in [0, 0.1) is 0 Å². The molecule has 0 bridgehead atoms. The van der Waals surface area contributed by atoms with Gasteiger partial charge in [0.05, 0.1) is 18.2 Å². The molecule has 0 spiro atoms. The van der Waals surface area contributed by atoms with Crippen LogP contribution in [0.1, 0.15) is 17.8 Å². The van der Waals surface area contributed by atoms with E-state index < -0.39 is 0 Å². The molecule has 15 heavy (non-hydrogen) atoms. The molecule has 0 aliphatic carbocycles. The number of alkyl halides is 1. The Morgan fingerprint density at radius 3 is 2.73 bits per heavy atom. The van der Waals surface area contributed by atoms with Crippen molar-refractivity contribution >= 4 is 11.6 Å². The maximum atomic E-state index is 5.75. The van der Waals surface area contributed by atoms with Gasteiger partial charge in [-0.25, -0.2) is 4.68 Å². The summed E-state index contributed by atoms with van der Waals surface area (Å²) < 4.78 is 11.9. The molecule has 1 aromatic heterocycles.